The van der Waals surface area contributed by atoms with E-state index in [1.165, 1.54) is 56.5 Å². The van der Waals surface area contributed by atoms with E-state index in [-0.39, 0.29) is 5.91 Å². The van der Waals surface area contributed by atoms with Crippen molar-refractivity contribution in [3.63, 3.8) is 0 Å². The summed E-state index contributed by atoms with van der Waals surface area (Å²) in [5, 5.41) is 0. The highest BCUT2D eigenvalue weighted by molar-refractivity contribution is 7.97. The highest BCUT2D eigenvalue weighted by Crippen LogP contribution is 2.07. The number of hydrogen-bond donors (Lipinski definition) is 1. The Morgan fingerprint density at radius 3 is 2.57 bits per heavy atom. The van der Waals surface area contributed by atoms with Gasteiger partial charge in [-0.1, -0.05) is 57.6 Å². The third kappa shape index (κ3) is 9.65. The van der Waals surface area contributed by atoms with E-state index >= 15 is 0 Å². The van der Waals surface area contributed by atoms with Crippen LogP contribution in [-0.2, 0) is 4.79 Å². The number of carbonyl (C=O) groups excluding carboxylic acids is 1. The lowest BCUT2D eigenvalue weighted by Crippen LogP contribution is -2.12. The van der Waals surface area contributed by atoms with Gasteiger partial charge >= 0.3 is 0 Å². The molecule has 2 nitrogen and oxygen atoms in total. The predicted molar refractivity (Wildman–Crippen MR) is 64.2 cm³/mol. The first-order valence-electron chi connectivity index (χ1n) is 5.35. The summed E-state index contributed by atoms with van der Waals surface area (Å²) in [6, 6.07) is 0. The molecular formula is C11H21NOS. The van der Waals surface area contributed by atoms with Crippen LogP contribution < -0.4 is 4.72 Å². The molecule has 0 saturated carbocycles. The summed E-state index contributed by atoms with van der Waals surface area (Å²) >= 11 is 1.48. The van der Waals surface area contributed by atoms with Gasteiger partial charge < -0.3 is 0 Å². The van der Waals surface area contributed by atoms with E-state index in [1.54, 1.807) is 0 Å². The van der Waals surface area contributed by atoms with Crippen molar-refractivity contribution < 1.29 is 4.79 Å². The van der Waals surface area contributed by atoms with Gasteiger partial charge in [0.05, 0.1) is 0 Å². The van der Waals surface area contributed by atoms with Crippen molar-refractivity contribution in [1.82, 2.24) is 4.72 Å². The number of amides is 1. The zero-order chi connectivity index (χ0) is 10.6. The molecule has 1 N–H and O–H groups in total. The third-order valence-electron chi connectivity index (χ3n) is 1.96. The fraction of sp³-hybridized carbons (Fsp3) is 0.727. The van der Waals surface area contributed by atoms with Crippen molar-refractivity contribution in [3.8, 4) is 0 Å². The molecular weight excluding hydrogens is 194 g/mol. The van der Waals surface area contributed by atoms with Crippen molar-refractivity contribution in [2.75, 3.05) is 5.75 Å². The highest BCUT2D eigenvalue weighted by Gasteiger charge is 1.93. The Kier molecular flexibility index (Phi) is 10.3. The molecule has 0 radical (unpaired) electrons. The summed E-state index contributed by atoms with van der Waals surface area (Å²) in [5.74, 6) is 0.909. The Morgan fingerprint density at radius 2 is 1.93 bits per heavy atom. The average molecular weight is 215 g/mol. The second-order valence-corrected chi connectivity index (χ2v) is 4.19. The molecule has 0 rings (SSSR count). The largest absolute Gasteiger partial charge is 0.297 e. The lowest BCUT2D eigenvalue weighted by Gasteiger charge is -2.01. The molecule has 0 bridgehead atoms. The molecule has 0 fully saturated rings. The molecule has 14 heavy (non-hydrogen) atoms. The normalized spacial score (nSPS) is 9.79. The van der Waals surface area contributed by atoms with Crippen LogP contribution in [0.4, 0.5) is 0 Å². The lowest BCUT2D eigenvalue weighted by atomic mass is 10.1. The van der Waals surface area contributed by atoms with Crippen LogP contribution in [0.5, 0.6) is 0 Å². The van der Waals surface area contributed by atoms with E-state index in [0.717, 1.165) is 5.75 Å². The number of rotatable bonds is 9. The van der Waals surface area contributed by atoms with Crippen LogP contribution in [0.15, 0.2) is 12.7 Å². The Hall–Kier alpha value is -0.440. The molecule has 0 aliphatic carbocycles. The smallest absolute Gasteiger partial charge is 0.253 e. The molecule has 0 aliphatic heterocycles. The Bertz CT molecular complexity index is 159. The zero-order valence-electron chi connectivity index (χ0n) is 9.05. The topological polar surface area (TPSA) is 29.1 Å². The van der Waals surface area contributed by atoms with E-state index in [4.69, 9.17) is 0 Å². The molecule has 0 atom stereocenters. The van der Waals surface area contributed by atoms with Crippen molar-refractivity contribution in [3.05, 3.63) is 12.7 Å². The molecule has 0 aromatic rings. The Labute approximate surface area is 91.7 Å². The summed E-state index contributed by atoms with van der Waals surface area (Å²) in [5.41, 5.74) is 0. The molecule has 0 spiro atoms. The summed E-state index contributed by atoms with van der Waals surface area (Å²) in [7, 11) is 0. The van der Waals surface area contributed by atoms with Gasteiger partial charge in [0.1, 0.15) is 0 Å². The maximum atomic E-state index is 10.7. The summed E-state index contributed by atoms with van der Waals surface area (Å²) in [6.45, 7) is 5.61. The van der Waals surface area contributed by atoms with E-state index in [0.29, 0.717) is 0 Å². The molecule has 0 aliphatic rings. The molecule has 0 aromatic carbocycles. The second kappa shape index (κ2) is 10.6. The summed E-state index contributed by atoms with van der Waals surface area (Å²) in [6.07, 6.45) is 9.07. The van der Waals surface area contributed by atoms with Crippen LogP contribution in [-0.4, -0.2) is 11.7 Å². The molecule has 0 saturated heterocycles. The van der Waals surface area contributed by atoms with Gasteiger partial charge in [-0.05, 0) is 12.5 Å². The zero-order valence-corrected chi connectivity index (χ0v) is 9.87. The first-order valence-corrected chi connectivity index (χ1v) is 6.34. The Morgan fingerprint density at radius 1 is 1.29 bits per heavy atom. The minimum atomic E-state index is -0.0963. The van der Waals surface area contributed by atoms with Crippen LogP contribution in [0.25, 0.3) is 0 Å². The lowest BCUT2D eigenvalue weighted by molar-refractivity contribution is -0.114. The Balaban J connectivity index is 2.99. The fourth-order valence-electron chi connectivity index (χ4n) is 1.12. The predicted octanol–water partition coefficient (Wildman–Crippen LogP) is 3.30. The van der Waals surface area contributed by atoms with Crippen LogP contribution >= 0.6 is 11.9 Å². The summed E-state index contributed by atoms with van der Waals surface area (Å²) in [4.78, 5) is 10.7. The minimum Gasteiger partial charge on any atom is -0.297 e. The molecule has 3 heteroatoms. The number of nitrogens with one attached hydrogen (secondary N) is 1. The van der Waals surface area contributed by atoms with Crippen LogP contribution in [0.1, 0.15) is 45.4 Å². The van der Waals surface area contributed by atoms with Crippen LogP contribution in [0.3, 0.4) is 0 Å². The monoisotopic (exact) mass is 215 g/mol. The van der Waals surface area contributed by atoms with E-state index in [2.05, 4.69) is 18.2 Å². The quantitative estimate of drug-likeness (QED) is 0.363. The van der Waals surface area contributed by atoms with Gasteiger partial charge in [-0.2, -0.15) is 0 Å². The first-order chi connectivity index (χ1) is 6.81. The van der Waals surface area contributed by atoms with Crippen LogP contribution in [0, 0.1) is 0 Å². The van der Waals surface area contributed by atoms with E-state index in [1.807, 2.05) is 0 Å². The van der Waals surface area contributed by atoms with E-state index in [9.17, 15) is 4.79 Å². The molecule has 0 unspecified atom stereocenters. The fourth-order valence-corrected chi connectivity index (χ4v) is 1.79. The van der Waals surface area contributed by atoms with Gasteiger partial charge in [-0.25, -0.2) is 0 Å². The summed E-state index contributed by atoms with van der Waals surface area (Å²) < 4.78 is 2.69. The number of unbranched alkanes of at least 4 members (excludes halogenated alkanes) is 5. The first kappa shape index (κ1) is 13.6. The van der Waals surface area contributed by atoms with Crippen molar-refractivity contribution in [2.45, 2.75) is 45.4 Å². The molecule has 1 amide bonds. The number of carbonyl (C=O) groups is 1. The average Bonchev–Trinajstić information content (AvgIpc) is 2.21. The van der Waals surface area contributed by atoms with Crippen molar-refractivity contribution in [2.24, 2.45) is 0 Å². The maximum Gasteiger partial charge on any atom is 0.253 e. The second-order valence-electron chi connectivity index (χ2n) is 3.29. The van der Waals surface area contributed by atoms with Crippen LogP contribution in [0.2, 0.25) is 0 Å². The molecule has 0 heterocycles. The number of hydrogen-bond acceptors (Lipinski definition) is 2. The van der Waals surface area contributed by atoms with E-state index < -0.39 is 0 Å². The van der Waals surface area contributed by atoms with Crippen molar-refractivity contribution >= 4 is 17.9 Å². The molecule has 82 valence electrons. The SMILES string of the molecule is C=CC(=O)NSCCCCCCCC. The minimum absolute atomic E-state index is 0.0963. The maximum absolute atomic E-state index is 10.7. The van der Waals surface area contributed by atoms with Gasteiger partial charge in [0.15, 0.2) is 0 Å². The van der Waals surface area contributed by atoms with Gasteiger partial charge in [-0.3, -0.25) is 9.52 Å². The third-order valence-corrected chi connectivity index (χ3v) is 2.80. The molecule has 0 aromatic heterocycles. The van der Waals surface area contributed by atoms with Gasteiger partial charge in [-0.15, -0.1) is 0 Å². The van der Waals surface area contributed by atoms with Crippen molar-refractivity contribution in [1.29, 1.82) is 0 Å². The van der Waals surface area contributed by atoms with Gasteiger partial charge in [0.25, 0.3) is 5.91 Å². The van der Waals surface area contributed by atoms with Gasteiger partial charge in [0, 0.05) is 5.75 Å². The van der Waals surface area contributed by atoms with Gasteiger partial charge in [0.2, 0.25) is 0 Å². The highest BCUT2D eigenvalue weighted by atomic mass is 32.2. The standard InChI is InChI=1S/C11H21NOS/c1-3-5-6-7-8-9-10-14-12-11(13)4-2/h4H,2-3,5-10H2,1H3,(H,12,13).